The summed E-state index contributed by atoms with van der Waals surface area (Å²) in [6.07, 6.45) is 1.53. The van der Waals surface area contributed by atoms with Gasteiger partial charge in [0.2, 0.25) is 0 Å². The second-order valence-electron chi connectivity index (χ2n) is 7.59. The third-order valence-corrected chi connectivity index (χ3v) is 5.39. The maximum Gasteiger partial charge on any atom is 0.274 e. The van der Waals surface area contributed by atoms with Gasteiger partial charge in [-0.2, -0.15) is 5.26 Å². The molecule has 8 heteroatoms. The molecule has 3 rings (SSSR count). The summed E-state index contributed by atoms with van der Waals surface area (Å²) in [5.74, 6) is 0.237. The van der Waals surface area contributed by atoms with Gasteiger partial charge in [0.1, 0.15) is 17.4 Å². The number of methoxy groups -OCH3 is 1. The average Bonchev–Trinajstić information content (AvgIpc) is 3.09. The molecule has 0 saturated heterocycles. The molecule has 8 nitrogen and oxygen atoms in total. The molecule has 3 aromatic rings. The van der Waals surface area contributed by atoms with Gasteiger partial charge in [0.15, 0.2) is 0 Å². The number of nitro groups is 1. The highest BCUT2D eigenvalue weighted by Crippen LogP contribution is 2.27. The number of benzene rings is 2. The maximum absolute atomic E-state index is 12.6. The summed E-state index contributed by atoms with van der Waals surface area (Å²) in [5, 5.41) is 23.6. The molecule has 1 heterocycles. The predicted octanol–water partition coefficient (Wildman–Crippen LogP) is 4.54. The summed E-state index contributed by atoms with van der Waals surface area (Å²) in [6, 6.07) is 16.1. The van der Waals surface area contributed by atoms with Crippen molar-refractivity contribution in [3.8, 4) is 17.5 Å². The molecule has 0 saturated carbocycles. The lowest BCUT2D eigenvalue weighted by atomic mass is 10.1. The van der Waals surface area contributed by atoms with Crippen LogP contribution in [0.4, 0.5) is 5.69 Å². The molecule has 1 N–H and O–H groups in total. The fraction of sp³-hybridized carbons (Fsp3) is 0.200. The SMILES string of the molecule is COc1ccc(CNC(=O)/C(C#N)=C/c2cc(C)n(-c3ccc(C)c([N+](=O)[O-])c3)c2C)cc1. The summed E-state index contributed by atoms with van der Waals surface area (Å²) in [5.41, 5.74) is 4.38. The van der Waals surface area contributed by atoms with Crippen molar-refractivity contribution in [2.75, 3.05) is 7.11 Å². The van der Waals surface area contributed by atoms with Crippen molar-refractivity contribution < 1.29 is 14.5 Å². The van der Waals surface area contributed by atoms with Crippen LogP contribution in [0, 0.1) is 42.2 Å². The fourth-order valence-electron chi connectivity index (χ4n) is 3.59. The van der Waals surface area contributed by atoms with Crippen LogP contribution < -0.4 is 10.1 Å². The Balaban J connectivity index is 1.86. The molecule has 0 fully saturated rings. The van der Waals surface area contributed by atoms with Gasteiger partial charge >= 0.3 is 0 Å². The number of rotatable bonds is 7. The molecule has 0 bridgehead atoms. The number of carbonyl (C=O) groups is 1. The minimum Gasteiger partial charge on any atom is -0.497 e. The summed E-state index contributed by atoms with van der Waals surface area (Å²) >= 11 is 0. The Morgan fingerprint density at radius 1 is 1.18 bits per heavy atom. The molecular weight excluding hydrogens is 420 g/mol. The van der Waals surface area contributed by atoms with Crippen LogP contribution in [0.3, 0.4) is 0 Å². The molecule has 1 aromatic heterocycles. The standard InChI is InChI=1S/C25H24N4O4/c1-16-5-8-22(13-24(16)29(31)32)28-17(2)11-20(18(28)3)12-21(14-26)25(30)27-15-19-6-9-23(33-4)10-7-19/h5-13H,15H2,1-4H3,(H,27,30)/b21-12+. The van der Waals surface area contributed by atoms with E-state index in [0.717, 1.165) is 22.7 Å². The number of nitriles is 1. The molecule has 0 atom stereocenters. The second-order valence-corrected chi connectivity index (χ2v) is 7.59. The molecule has 0 radical (unpaired) electrons. The van der Waals surface area contributed by atoms with Gasteiger partial charge in [-0.25, -0.2) is 0 Å². The summed E-state index contributed by atoms with van der Waals surface area (Å²) in [6.45, 7) is 5.67. The highest BCUT2D eigenvalue weighted by molar-refractivity contribution is 6.01. The second kappa shape index (κ2) is 9.83. The van der Waals surface area contributed by atoms with E-state index in [9.17, 15) is 20.2 Å². The van der Waals surface area contributed by atoms with Gasteiger partial charge in [0, 0.05) is 29.6 Å². The van der Waals surface area contributed by atoms with E-state index >= 15 is 0 Å². The van der Waals surface area contributed by atoms with Crippen molar-refractivity contribution in [1.29, 1.82) is 5.26 Å². The predicted molar refractivity (Wildman–Crippen MR) is 125 cm³/mol. The Bertz CT molecular complexity index is 1280. The molecule has 168 valence electrons. The number of hydrogen-bond acceptors (Lipinski definition) is 5. The van der Waals surface area contributed by atoms with Crippen molar-refractivity contribution in [2.24, 2.45) is 0 Å². The maximum atomic E-state index is 12.6. The first kappa shape index (κ1) is 23.3. The number of carbonyl (C=O) groups excluding carboxylic acids is 1. The van der Waals surface area contributed by atoms with Crippen LogP contribution in [-0.4, -0.2) is 22.5 Å². The first-order valence-corrected chi connectivity index (χ1v) is 10.2. The Morgan fingerprint density at radius 3 is 2.48 bits per heavy atom. The number of aryl methyl sites for hydroxylation is 2. The van der Waals surface area contributed by atoms with Gasteiger partial charge in [-0.15, -0.1) is 0 Å². The van der Waals surface area contributed by atoms with Crippen LogP contribution in [0.1, 0.15) is 28.1 Å². The lowest BCUT2D eigenvalue weighted by molar-refractivity contribution is -0.385. The number of nitrogens with one attached hydrogen (secondary N) is 1. The van der Waals surface area contributed by atoms with Crippen LogP contribution in [0.5, 0.6) is 5.75 Å². The summed E-state index contributed by atoms with van der Waals surface area (Å²) in [4.78, 5) is 23.5. The van der Waals surface area contributed by atoms with Crippen molar-refractivity contribution in [3.63, 3.8) is 0 Å². The highest BCUT2D eigenvalue weighted by atomic mass is 16.6. The molecule has 0 aliphatic carbocycles. The molecule has 2 aromatic carbocycles. The molecule has 0 aliphatic heterocycles. The molecule has 0 spiro atoms. The van der Waals surface area contributed by atoms with Crippen molar-refractivity contribution in [1.82, 2.24) is 9.88 Å². The zero-order valence-corrected chi connectivity index (χ0v) is 18.9. The fourth-order valence-corrected chi connectivity index (χ4v) is 3.59. The number of nitro benzene ring substituents is 1. The van der Waals surface area contributed by atoms with Gasteiger partial charge in [-0.3, -0.25) is 14.9 Å². The van der Waals surface area contributed by atoms with E-state index in [1.165, 1.54) is 12.1 Å². The van der Waals surface area contributed by atoms with Crippen molar-refractivity contribution in [3.05, 3.63) is 92.3 Å². The van der Waals surface area contributed by atoms with Gasteiger partial charge in [-0.1, -0.05) is 18.2 Å². The largest absolute Gasteiger partial charge is 0.497 e. The number of aromatic nitrogens is 1. The lowest BCUT2D eigenvalue weighted by Gasteiger charge is -2.10. The number of nitrogens with zero attached hydrogens (tertiary/aromatic N) is 3. The van der Waals surface area contributed by atoms with Crippen LogP contribution >= 0.6 is 0 Å². The quantitative estimate of drug-likeness (QED) is 0.249. The van der Waals surface area contributed by atoms with E-state index in [-0.39, 0.29) is 17.8 Å². The van der Waals surface area contributed by atoms with E-state index in [1.807, 2.05) is 48.7 Å². The van der Waals surface area contributed by atoms with E-state index in [4.69, 9.17) is 4.74 Å². The Kier molecular flexibility index (Phi) is 6.94. The monoisotopic (exact) mass is 444 g/mol. The lowest BCUT2D eigenvalue weighted by Crippen LogP contribution is -2.23. The van der Waals surface area contributed by atoms with Gasteiger partial charge < -0.3 is 14.6 Å². The van der Waals surface area contributed by atoms with E-state index in [1.54, 1.807) is 32.2 Å². The molecule has 0 aliphatic rings. The van der Waals surface area contributed by atoms with Gasteiger partial charge in [0.05, 0.1) is 17.7 Å². The Hall–Kier alpha value is -4.38. The van der Waals surface area contributed by atoms with Crippen LogP contribution in [0.25, 0.3) is 11.8 Å². The Labute approximate surface area is 191 Å². The molecule has 0 unspecified atom stereocenters. The van der Waals surface area contributed by atoms with E-state index in [2.05, 4.69) is 5.32 Å². The zero-order chi connectivity index (χ0) is 24.1. The molecular formula is C25H24N4O4. The topological polar surface area (TPSA) is 110 Å². The van der Waals surface area contributed by atoms with E-state index < -0.39 is 10.8 Å². The van der Waals surface area contributed by atoms with Gasteiger partial charge in [-0.05, 0) is 62.2 Å². The summed E-state index contributed by atoms with van der Waals surface area (Å²) < 4.78 is 6.98. The third-order valence-electron chi connectivity index (χ3n) is 5.39. The minimum absolute atomic E-state index is 0.0290. The van der Waals surface area contributed by atoms with Crippen LogP contribution in [-0.2, 0) is 11.3 Å². The number of hydrogen-bond donors (Lipinski definition) is 1. The highest BCUT2D eigenvalue weighted by Gasteiger charge is 2.17. The first-order valence-electron chi connectivity index (χ1n) is 10.2. The third kappa shape index (κ3) is 5.10. The molecule has 1 amide bonds. The summed E-state index contributed by atoms with van der Waals surface area (Å²) in [7, 11) is 1.58. The van der Waals surface area contributed by atoms with Crippen LogP contribution in [0.2, 0.25) is 0 Å². The van der Waals surface area contributed by atoms with Crippen molar-refractivity contribution in [2.45, 2.75) is 27.3 Å². The van der Waals surface area contributed by atoms with Crippen LogP contribution in [0.15, 0.2) is 54.1 Å². The normalized spacial score (nSPS) is 11.1. The smallest absolute Gasteiger partial charge is 0.274 e. The van der Waals surface area contributed by atoms with Gasteiger partial charge in [0.25, 0.3) is 11.6 Å². The number of amides is 1. The van der Waals surface area contributed by atoms with E-state index in [0.29, 0.717) is 16.8 Å². The minimum atomic E-state index is -0.482. The number of ether oxygens (including phenoxy) is 1. The average molecular weight is 444 g/mol. The Morgan fingerprint density at radius 2 is 1.88 bits per heavy atom. The van der Waals surface area contributed by atoms with Crippen molar-refractivity contribution >= 4 is 17.7 Å². The molecule has 33 heavy (non-hydrogen) atoms. The first-order chi connectivity index (χ1) is 15.7. The zero-order valence-electron chi connectivity index (χ0n) is 18.9.